The van der Waals surface area contributed by atoms with Gasteiger partial charge in [0.15, 0.2) is 0 Å². The molecule has 0 radical (unpaired) electrons. The summed E-state index contributed by atoms with van der Waals surface area (Å²) in [6, 6.07) is 0.956. The summed E-state index contributed by atoms with van der Waals surface area (Å²) in [5, 5.41) is 0. The predicted octanol–water partition coefficient (Wildman–Crippen LogP) is 2.27. The Morgan fingerprint density at radius 3 is 2.27 bits per heavy atom. The lowest BCUT2D eigenvalue weighted by Gasteiger charge is -2.26. The number of hydrogen-bond acceptors (Lipinski definition) is 1. The maximum Gasteiger partial charge on any atom is 0.0121 e. The van der Waals surface area contributed by atoms with Crippen LogP contribution in [0.4, 0.5) is 0 Å². The summed E-state index contributed by atoms with van der Waals surface area (Å²) in [4.78, 5) is 2.72. The largest absolute Gasteiger partial charge is 0.300 e. The van der Waals surface area contributed by atoms with Gasteiger partial charge in [-0.2, -0.15) is 0 Å². The van der Waals surface area contributed by atoms with Crippen LogP contribution in [0.15, 0.2) is 0 Å². The van der Waals surface area contributed by atoms with Crippen molar-refractivity contribution in [3.8, 4) is 0 Å². The lowest BCUT2D eigenvalue weighted by Crippen LogP contribution is -2.34. The highest BCUT2D eigenvalue weighted by atomic mass is 15.2. The smallest absolute Gasteiger partial charge is 0.0121 e. The molecule has 2 atom stereocenters. The molecule has 2 rings (SSSR count). The van der Waals surface area contributed by atoms with Gasteiger partial charge in [-0.05, 0) is 44.7 Å². The van der Waals surface area contributed by atoms with Gasteiger partial charge in [0.2, 0.25) is 0 Å². The molecule has 2 fully saturated rings. The molecule has 1 aliphatic heterocycles. The van der Waals surface area contributed by atoms with Crippen LogP contribution in [0.5, 0.6) is 0 Å². The van der Waals surface area contributed by atoms with Crippen LogP contribution in [-0.4, -0.2) is 24.0 Å². The van der Waals surface area contributed by atoms with Gasteiger partial charge in [0.1, 0.15) is 0 Å². The van der Waals surface area contributed by atoms with Crippen LogP contribution in [0.1, 0.15) is 39.0 Å². The molecule has 1 nitrogen and oxygen atoms in total. The van der Waals surface area contributed by atoms with Gasteiger partial charge in [0.25, 0.3) is 0 Å². The van der Waals surface area contributed by atoms with Crippen molar-refractivity contribution >= 4 is 0 Å². The molecule has 64 valence electrons. The Labute approximate surface area is 69.8 Å². The molecule has 0 aromatic heterocycles. The Hall–Kier alpha value is -0.0400. The predicted molar refractivity (Wildman–Crippen MR) is 47.6 cm³/mol. The monoisotopic (exact) mass is 153 g/mol. The Kier molecular flexibility index (Phi) is 2.17. The van der Waals surface area contributed by atoms with Gasteiger partial charge in [-0.3, -0.25) is 0 Å². The Morgan fingerprint density at radius 2 is 1.73 bits per heavy atom. The van der Waals surface area contributed by atoms with Crippen LogP contribution in [0.3, 0.4) is 0 Å². The fourth-order valence-electron chi connectivity index (χ4n) is 2.74. The number of nitrogens with zero attached hydrogens (tertiary/aromatic N) is 1. The summed E-state index contributed by atoms with van der Waals surface area (Å²) >= 11 is 0. The summed E-state index contributed by atoms with van der Waals surface area (Å²) in [7, 11) is 0. The van der Waals surface area contributed by atoms with Crippen LogP contribution in [-0.2, 0) is 0 Å². The first-order valence-electron chi connectivity index (χ1n) is 5.12. The third-order valence-corrected chi connectivity index (χ3v) is 3.43. The van der Waals surface area contributed by atoms with Gasteiger partial charge in [-0.25, -0.2) is 0 Å². The maximum absolute atomic E-state index is 2.72. The van der Waals surface area contributed by atoms with E-state index in [1.54, 1.807) is 0 Å². The Balaban J connectivity index is 1.92. The molecule has 1 unspecified atom stereocenters. The number of hydrogen-bond donors (Lipinski definition) is 0. The second kappa shape index (κ2) is 3.14. The first kappa shape index (κ1) is 7.60. The highest BCUT2D eigenvalue weighted by molar-refractivity contribution is 4.84. The maximum atomic E-state index is 2.72. The fourth-order valence-corrected chi connectivity index (χ4v) is 2.74. The van der Waals surface area contributed by atoms with E-state index >= 15 is 0 Å². The van der Waals surface area contributed by atoms with Crippen LogP contribution in [0, 0.1) is 5.92 Å². The van der Waals surface area contributed by atoms with Crippen molar-refractivity contribution in [1.29, 1.82) is 0 Å². The molecule has 0 spiro atoms. The zero-order valence-corrected chi connectivity index (χ0v) is 7.55. The van der Waals surface area contributed by atoms with Crippen molar-refractivity contribution in [1.82, 2.24) is 4.90 Å². The molecule has 1 saturated heterocycles. The van der Waals surface area contributed by atoms with E-state index in [9.17, 15) is 0 Å². The van der Waals surface area contributed by atoms with E-state index in [0.717, 1.165) is 12.0 Å². The summed E-state index contributed by atoms with van der Waals surface area (Å²) in [5.41, 5.74) is 0. The molecule has 0 N–H and O–H groups in total. The van der Waals surface area contributed by atoms with Crippen LogP contribution in [0.2, 0.25) is 0 Å². The summed E-state index contributed by atoms with van der Waals surface area (Å²) in [5.74, 6) is 0.980. The second-order valence-corrected chi connectivity index (χ2v) is 4.22. The zero-order chi connectivity index (χ0) is 7.68. The minimum absolute atomic E-state index is 0.956. The second-order valence-electron chi connectivity index (χ2n) is 4.22. The topological polar surface area (TPSA) is 3.24 Å². The van der Waals surface area contributed by atoms with Gasteiger partial charge in [-0.1, -0.05) is 13.3 Å². The number of rotatable bonds is 1. The molecule has 1 aliphatic carbocycles. The summed E-state index contributed by atoms with van der Waals surface area (Å²) in [6.07, 6.45) is 7.32. The summed E-state index contributed by atoms with van der Waals surface area (Å²) < 4.78 is 0. The lowest BCUT2D eigenvalue weighted by atomic mass is 10.1. The molecular formula is C10H19N. The number of likely N-dealkylation sites (tertiary alicyclic amines) is 1. The molecule has 1 heterocycles. The van der Waals surface area contributed by atoms with E-state index in [0.29, 0.717) is 0 Å². The van der Waals surface area contributed by atoms with Crippen LogP contribution in [0.25, 0.3) is 0 Å². The van der Waals surface area contributed by atoms with Crippen molar-refractivity contribution in [3.63, 3.8) is 0 Å². The van der Waals surface area contributed by atoms with E-state index < -0.39 is 0 Å². The van der Waals surface area contributed by atoms with Gasteiger partial charge in [0, 0.05) is 6.04 Å². The SMILES string of the molecule is C[C@H]1CCCC1N1CCCC1. The van der Waals surface area contributed by atoms with Gasteiger partial charge < -0.3 is 4.90 Å². The Morgan fingerprint density at radius 1 is 1.00 bits per heavy atom. The molecule has 1 heteroatoms. The van der Waals surface area contributed by atoms with Crippen molar-refractivity contribution in [2.24, 2.45) is 5.92 Å². The van der Waals surface area contributed by atoms with E-state index in [-0.39, 0.29) is 0 Å². The van der Waals surface area contributed by atoms with Crippen molar-refractivity contribution in [3.05, 3.63) is 0 Å². The van der Waals surface area contributed by atoms with E-state index in [4.69, 9.17) is 0 Å². The van der Waals surface area contributed by atoms with Crippen LogP contribution < -0.4 is 0 Å². The molecule has 0 bridgehead atoms. The molecule has 0 amide bonds. The average Bonchev–Trinajstić information content (AvgIpc) is 2.55. The third-order valence-electron chi connectivity index (χ3n) is 3.43. The molecule has 1 saturated carbocycles. The van der Waals surface area contributed by atoms with Gasteiger partial charge in [0.05, 0.1) is 0 Å². The quantitative estimate of drug-likeness (QED) is 0.558. The normalized spacial score (nSPS) is 40.1. The highest BCUT2D eigenvalue weighted by Gasteiger charge is 2.29. The van der Waals surface area contributed by atoms with Crippen molar-refractivity contribution in [2.75, 3.05) is 13.1 Å². The molecular weight excluding hydrogens is 134 g/mol. The third kappa shape index (κ3) is 1.44. The van der Waals surface area contributed by atoms with Gasteiger partial charge >= 0.3 is 0 Å². The first-order chi connectivity index (χ1) is 5.38. The first-order valence-corrected chi connectivity index (χ1v) is 5.12. The standard InChI is InChI=1S/C10H19N/c1-9-5-4-6-10(9)11-7-2-3-8-11/h9-10H,2-8H2,1H3/t9-,10?/m0/s1. The highest BCUT2D eigenvalue weighted by Crippen LogP contribution is 2.31. The van der Waals surface area contributed by atoms with E-state index in [1.165, 1.54) is 45.2 Å². The lowest BCUT2D eigenvalue weighted by molar-refractivity contribution is 0.206. The summed E-state index contributed by atoms with van der Waals surface area (Å²) in [6.45, 7) is 5.19. The van der Waals surface area contributed by atoms with E-state index in [1.807, 2.05) is 0 Å². The minimum Gasteiger partial charge on any atom is -0.300 e. The van der Waals surface area contributed by atoms with Crippen LogP contribution >= 0.6 is 0 Å². The molecule has 0 aromatic carbocycles. The van der Waals surface area contributed by atoms with Gasteiger partial charge in [-0.15, -0.1) is 0 Å². The van der Waals surface area contributed by atoms with E-state index in [2.05, 4.69) is 11.8 Å². The molecule has 0 aromatic rings. The fraction of sp³-hybridized carbons (Fsp3) is 1.00. The Bertz CT molecular complexity index is 127. The van der Waals surface area contributed by atoms with Crippen molar-refractivity contribution < 1.29 is 0 Å². The van der Waals surface area contributed by atoms with Crippen molar-refractivity contribution in [2.45, 2.75) is 45.1 Å². The zero-order valence-electron chi connectivity index (χ0n) is 7.55. The average molecular weight is 153 g/mol. The minimum atomic E-state index is 0.956. The molecule has 11 heavy (non-hydrogen) atoms. The molecule has 2 aliphatic rings.